The Morgan fingerprint density at radius 2 is 1.98 bits per heavy atom. The van der Waals surface area contributed by atoms with Gasteiger partial charge in [0.05, 0.1) is 15.9 Å². The van der Waals surface area contributed by atoms with Crippen molar-refractivity contribution in [1.82, 2.24) is 29.7 Å². The van der Waals surface area contributed by atoms with E-state index in [0.29, 0.717) is 60.0 Å². The number of hydrogen-bond donors (Lipinski definition) is 0. The number of anilines is 1. The summed E-state index contributed by atoms with van der Waals surface area (Å²) in [6, 6.07) is 7.97. The largest absolute Gasteiger partial charge is 0.461 e. The van der Waals surface area contributed by atoms with E-state index >= 15 is 4.39 Å². The average molecular weight is 708 g/mol. The summed E-state index contributed by atoms with van der Waals surface area (Å²) in [5.74, 6) is -1.02. The number of aromatic nitrogens is 3. The van der Waals surface area contributed by atoms with Gasteiger partial charge < -0.3 is 19.4 Å². The van der Waals surface area contributed by atoms with Crippen LogP contribution in [0.15, 0.2) is 48.7 Å². The van der Waals surface area contributed by atoms with Crippen molar-refractivity contribution in [1.29, 1.82) is 0 Å². The van der Waals surface area contributed by atoms with Crippen LogP contribution in [-0.4, -0.2) is 113 Å². The van der Waals surface area contributed by atoms with E-state index in [9.17, 15) is 13.6 Å². The zero-order valence-corrected chi connectivity index (χ0v) is 29.4. The van der Waals surface area contributed by atoms with E-state index in [1.165, 1.54) is 12.3 Å². The van der Waals surface area contributed by atoms with Gasteiger partial charge in [-0.1, -0.05) is 41.9 Å². The lowest BCUT2D eigenvalue weighted by molar-refractivity contribution is -0.125. The number of carbonyl (C=O) groups excluding carboxylic acids is 1. The quantitative estimate of drug-likeness (QED) is 0.189. The number of benzene rings is 2. The highest BCUT2D eigenvalue weighted by Crippen LogP contribution is 2.41. The molecule has 9 nitrogen and oxygen atoms in total. The Morgan fingerprint density at radius 1 is 1.16 bits per heavy atom. The SMILES string of the molecule is C[C@H](/C=C/C(=O)N1CC[C@@H](N(C)c2nc(OC[C@@]34CCCN3C[C@H](F)C4)nc3c(F)c(-c4cccc5ccc(F)c(Cl)c45)ncc23)C1)N(C)C. The number of carbonyl (C=O) groups is 1. The van der Waals surface area contributed by atoms with Crippen molar-refractivity contribution in [3.63, 3.8) is 0 Å². The number of hydrogen-bond acceptors (Lipinski definition) is 8. The Kier molecular flexibility index (Phi) is 9.38. The Hall–Kier alpha value is -4.00. The van der Waals surface area contributed by atoms with Gasteiger partial charge in [0.15, 0.2) is 5.82 Å². The van der Waals surface area contributed by atoms with Gasteiger partial charge in [0.25, 0.3) is 0 Å². The molecule has 1 amide bonds. The normalized spacial score (nSPS) is 23.1. The Bertz CT molecular complexity index is 1980. The number of pyridine rings is 1. The molecule has 3 aliphatic heterocycles. The van der Waals surface area contributed by atoms with Crippen LogP contribution in [0.1, 0.15) is 32.6 Å². The predicted octanol–water partition coefficient (Wildman–Crippen LogP) is 6.28. The summed E-state index contributed by atoms with van der Waals surface area (Å²) in [6.07, 6.45) is 6.85. The number of ether oxygens (including phenoxy) is 1. The number of likely N-dealkylation sites (tertiary alicyclic amines) is 1. The third-order valence-electron chi connectivity index (χ3n) is 10.8. The van der Waals surface area contributed by atoms with E-state index in [2.05, 4.69) is 14.9 Å². The number of fused-ring (bicyclic) bond motifs is 3. The Balaban J connectivity index is 1.26. The van der Waals surface area contributed by atoms with Crippen molar-refractivity contribution in [3.05, 3.63) is 65.3 Å². The van der Waals surface area contributed by atoms with E-state index in [0.717, 1.165) is 19.4 Å². The smallest absolute Gasteiger partial charge is 0.319 e. The van der Waals surface area contributed by atoms with E-state index in [4.69, 9.17) is 21.3 Å². The van der Waals surface area contributed by atoms with Crippen LogP contribution >= 0.6 is 11.6 Å². The van der Waals surface area contributed by atoms with Gasteiger partial charge in [0, 0.05) is 68.4 Å². The van der Waals surface area contributed by atoms with Gasteiger partial charge in [-0.15, -0.1) is 0 Å². The molecule has 5 heterocycles. The molecule has 0 radical (unpaired) electrons. The molecule has 0 bridgehead atoms. The topological polar surface area (TPSA) is 77.9 Å². The minimum Gasteiger partial charge on any atom is -0.461 e. The Labute approximate surface area is 294 Å². The first kappa shape index (κ1) is 34.4. The number of alkyl halides is 1. The number of rotatable bonds is 9. The highest BCUT2D eigenvalue weighted by Gasteiger charge is 2.49. The maximum atomic E-state index is 16.8. The van der Waals surface area contributed by atoms with Crippen LogP contribution in [0.5, 0.6) is 6.01 Å². The zero-order valence-electron chi connectivity index (χ0n) is 28.7. The second-order valence-electron chi connectivity index (χ2n) is 14.0. The molecule has 2 aromatic heterocycles. The molecular formula is C37H41ClF3N7O2. The van der Waals surface area contributed by atoms with Crippen LogP contribution < -0.4 is 9.64 Å². The molecule has 3 saturated heterocycles. The zero-order chi connectivity index (χ0) is 35.3. The van der Waals surface area contributed by atoms with E-state index < -0.39 is 23.3 Å². The molecule has 0 saturated carbocycles. The molecule has 2 aromatic carbocycles. The van der Waals surface area contributed by atoms with Crippen LogP contribution in [0.3, 0.4) is 0 Å². The standard InChI is InChI=1S/C37H41ClF3N7O2/c1-22(45(2)3)9-12-29(49)47-16-13-25(20-47)46(4)35-27-18-42-33(26-8-5-7-23-10-11-28(40)31(38)30(23)26)32(41)34(27)43-36(44-35)50-21-37-14-6-15-48(37)19-24(39)17-37/h5,7-12,18,22,24-25H,6,13-17,19-21H2,1-4H3/b12-9+/t22-,24-,25-,37+/m1/s1. The van der Waals surface area contributed by atoms with Gasteiger partial charge in [-0.25, -0.2) is 13.2 Å². The fourth-order valence-corrected chi connectivity index (χ4v) is 7.90. The van der Waals surface area contributed by atoms with Gasteiger partial charge in [-0.05, 0) is 58.3 Å². The van der Waals surface area contributed by atoms with Crippen LogP contribution in [0.4, 0.5) is 19.0 Å². The number of likely N-dealkylation sites (N-methyl/N-ethyl adjacent to an activating group) is 2. The lowest BCUT2D eigenvalue weighted by Gasteiger charge is -2.31. The first-order chi connectivity index (χ1) is 24.0. The van der Waals surface area contributed by atoms with Gasteiger partial charge in [0.1, 0.15) is 35.6 Å². The molecule has 0 spiro atoms. The number of halogens is 4. The first-order valence-corrected chi connectivity index (χ1v) is 17.4. The van der Waals surface area contributed by atoms with E-state index in [1.54, 1.807) is 35.2 Å². The minimum absolute atomic E-state index is 0.0199. The maximum absolute atomic E-state index is 16.8. The maximum Gasteiger partial charge on any atom is 0.319 e. The molecule has 3 fully saturated rings. The minimum atomic E-state index is -0.935. The summed E-state index contributed by atoms with van der Waals surface area (Å²) in [7, 11) is 5.77. The molecule has 0 N–H and O–H groups in total. The molecule has 7 rings (SSSR count). The van der Waals surface area contributed by atoms with Gasteiger partial charge in [-0.3, -0.25) is 14.7 Å². The van der Waals surface area contributed by atoms with E-state index in [1.807, 2.05) is 43.9 Å². The van der Waals surface area contributed by atoms with Crippen molar-refractivity contribution in [2.75, 3.05) is 58.8 Å². The molecule has 13 heteroatoms. The summed E-state index contributed by atoms with van der Waals surface area (Å²) in [5, 5.41) is 1.21. The summed E-state index contributed by atoms with van der Waals surface area (Å²) in [4.78, 5) is 34.8. The molecule has 0 aliphatic carbocycles. The number of nitrogens with zero attached hydrogens (tertiary/aromatic N) is 7. The third kappa shape index (κ3) is 6.26. The van der Waals surface area contributed by atoms with Crippen molar-refractivity contribution >= 4 is 45.0 Å². The van der Waals surface area contributed by atoms with Gasteiger partial charge in [0.2, 0.25) is 5.91 Å². The van der Waals surface area contributed by atoms with Crippen molar-refractivity contribution in [3.8, 4) is 17.3 Å². The van der Waals surface area contributed by atoms with Gasteiger partial charge >= 0.3 is 6.01 Å². The predicted molar refractivity (Wildman–Crippen MR) is 189 cm³/mol. The van der Waals surface area contributed by atoms with Crippen molar-refractivity contribution in [2.45, 2.75) is 56.4 Å². The van der Waals surface area contributed by atoms with Crippen molar-refractivity contribution in [2.24, 2.45) is 0 Å². The van der Waals surface area contributed by atoms with Crippen molar-refractivity contribution < 1.29 is 22.7 Å². The van der Waals surface area contributed by atoms with Gasteiger partial charge in [-0.2, -0.15) is 9.97 Å². The first-order valence-electron chi connectivity index (χ1n) is 17.1. The van der Waals surface area contributed by atoms with Crippen LogP contribution in [0.2, 0.25) is 5.02 Å². The highest BCUT2D eigenvalue weighted by molar-refractivity contribution is 6.36. The fourth-order valence-electron chi connectivity index (χ4n) is 7.63. The van der Waals surface area contributed by atoms with Crippen LogP contribution in [-0.2, 0) is 4.79 Å². The fraction of sp³-hybridized carbons (Fsp3) is 0.459. The third-order valence-corrected chi connectivity index (χ3v) is 11.1. The number of amides is 1. The summed E-state index contributed by atoms with van der Waals surface area (Å²) < 4.78 is 52.2. The molecule has 3 aliphatic rings. The van der Waals surface area contributed by atoms with E-state index in [-0.39, 0.29) is 46.8 Å². The second-order valence-corrected chi connectivity index (χ2v) is 14.4. The lowest BCUT2D eigenvalue weighted by Crippen LogP contribution is -2.43. The average Bonchev–Trinajstić information content (AvgIpc) is 3.82. The van der Waals surface area contributed by atoms with Crippen LogP contribution in [0, 0.1) is 11.6 Å². The molecular weight excluding hydrogens is 667 g/mol. The lowest BCUT2D eigenvalue weighted by atomic mass is 9.95. The Morgan fingerprint density at radius 3 is 2.78 bits per heavy atom. The molecule has 4 aromatic rings. The molecule has 4 atom stereocenters. The monoisotopic (exact) mass is 707 g/mol. The second kappa shape index (κ2) is 13.6. The highest BCUT2D eigenvalue weighted by atomic mass is 35.5. The molecule has 50 heavy (non-hydrogen) atoms. The molecule has 264 valence electrons. The summed E-state index contributed by atoms with van der Waals surface area (Å²) in [5.41, 5.74) is -0.195. The summed E-state index contributed by atoms with van der Waals surface area (Å²) >= 11 is 6.41. The summed E-state index contributed by atoms with van der Waals surface area (Å²) in [6.45, 7) is 4.36. The van der Waals surface area contributed by atoms with Crippen LogP contribution in [0.25, 0.3) is 32.9 Å². The molecule has 0 unspecified atom stereocenters.